The van der Waals surface area contributed by atoms with Crippen molar-refractivity contribution in [3.63, 3.8) is 0 Å². The summed E-state index contributed by atoms with van der Waals surface area (Å²) in [7, 11) is 0. The Labute approximate surface area is 344 Å². The Hall–Kier alpha value is -7.50. The van der Waals surface area contributed by atoms with Crippen LogP contribution in [-0.2, 0) is 0 Å². The van der Waals surface area contributed by atoms with Crippen LogP contribution in [0.2, 0.25) is 0 Å². The number of aromatic nitrogens is 5. The maximum absolute atomic E-state index is 5.23. The van der Waals surface area contributed by atoms with E-state index in [-0.39, 0.29) is 0 Å². The third kappa shape index (κ3) is 6.87. The molecule has 5 heteroatoms. The lowest BCUT2D eigenvalue weighted by atomic mass is 9.97. The van der Waals surface area contributed by atoms with Gasteiger partial charge in [-0.15, -0.1) is 0 Å². The van der Waals surface area contributed by atoms with Crippen molar-refractivity contribution >= 4 is 21.8 Å². The lowest BCUT2D eigenvalue weighted by molar-refractivity contribution is 1.06. The Balaban J connectivity index is 1.28. The van der Waals surface area contributed by atoms with E-state index in [9.17, 15) is 0 Å². The number of nitrogens with zero attached hydrogens (tertiary/aromatic N) is 5. The molecular formula is C54H41N5. The first kappa shape index (κ1) is 35.9. The second-order valence-corrected chi connectivity index (χ2v) is 15.6. The van der Waals surface area contributed by atoms with Crippen LogP contribution < -0.4 is 0 Å². The summed E-state index contributed by atoms with van der Waals surface area (Å²) in [6, 6.07) is 58.3. The highest BCUT2D eigenvalue weighted by Crippen LogP contribution is 2.41. The zero-order chi connectivity index (χ0) is 40.0. The summed E-state index contributed by atoms with van der Waals surface area (Å²) >= 11 is 0. The summed E-state index contributed by atoms with van der Waals surface area (Å²) in [4.78, 5) is 20.0. The molecule has 3 aromatic heterocycles. The zero-order valence-corrected chi connectivity index (χ0v) is 33.5. The van der Waals surface area contributed by atoms with Crippen molar-refractivity contribution in [2.45, 2.75) is 27.7 Å². The molecule has 282 valence electrons. The van der Waals surface area contributed by atoms with Gasteiger partial charge in [-0.05, 0) is 98.0 Å². The van der Waals surface area contributed by atoms with E-state index in [0.717, 1.165) is 44.5 Å². The SMILES string of the molecule is Cc1cc(C)cc(-c2ccc3c(c2)c2cc(-c4cc(C)cc(C)c4)ccc2n3-c2cc(-c3cccnc3)ccc2-c2nc(-c3ccccc3)nc(-c3ccccc3)n2)c1. The lowest BCUT2D eigenvalue weighted by Gasteiger charge is -2.16. The van der Waals surface area contributed by atoms with Gasteiger partial charge in [0.05, 0.1) is 16.7 Å². The van der Waals surface area contributed by atoms with Crippen LogP contribution in [0.15, 0.2) is 176 Å². The normalized spacial score (nSPS) is 11.4. The van der Waals surface area contributed by atoms with Crippen molar-refractivity contribution in [1.82, 2.24) is 24.5 Å². The maximum atomic E-state index is 5.23. The maximum Gasteiger partial charge on any atom is 0.166 e. The molecule has 10 rings (SSSR count). The summed E-state index contributed by atoms with van der Waals surface area (Å²) < 4.78 is 2.39. The van der Waals surface area contributed by atoms with Gasteiger partial charge < -0.3 is 4.57 Å². The van der Waals surface area contributed by atoms with E-state index in [1.165, 1.54) is 55.3 Å². The van der Waals surface area contributed by atoms with Crippen LogP contribution in [0.5, 0.6) is 0 Å². The molecule has 0 N–H and O–H groups in total. The molecule has 0 saturated heterocycles. The van der Waals surface area contributed by atoms with E-state index in [0.29, 0.717) is 17.5 Å². The predicted octanol–water partition coefficient (Wildman–Crippen LogP) is 13.6. The lowest BCUT2D eigenvalue weighted by Crippen LogP contribution is -2.04. The summed E-state index contributed by atoms with van der Waals surface area (Å²) in [6.45, 7) is 8.67. The van der Waals surface area contributed by atoms with Crippen molar-refractivity contribution in [3.8, 4) is 73.2 Å². The van der Waals surface area contributed by atoms with E-state index in [1.807, 2.05) is 79.1 Å². The van der Waals surface area contributed by atoms with Gasteiger partial charge in [-0.1, -0.05) is 144 Å². The molecule has 0 amide bonds. The molecule has 59 heavy (non-hydrogen) atoms. The van der Waals surface area contributed by atoms with Gasteiger partial charge in [0.15, 0.2) is 17.5 Å². The van der Waals surface area contributed by atoms with E-state index in [4.69, 9.17) is 15.0 Å². The second-order valence-electron chi connectivity index (χ2n) is 15.6. The third-order valence-corrected chi connectivity index (χ3v) is 11.0. The Morgan fingerprint density at radius 1 is 0.356 bits per heavy atom. The highest BCUT2D eigenvalue weighted by atomic mass is 15.1. The van der Waals surface area contributed by atoms with Crippen LogP contribution in [0.1, 0.15) is 22.3 Å². The van der Waals surface area contributed by atoms with Crippen molar-refractivity contribution in [1.29, 1.82) is 0 Å². The van der Waals surface area contributed by atoms with Crippen LogP contribution in [0.4, 0.5) is 0 Å². The van der Waals surface area contributed by atoms with Gasteiger partial charge >= 0.3 is 0 Å². The fraction of sp³-hybridized carbons (Fsp3) is 0.0741. The van der Waals surface area contributed by atoms with Gasteiger partial charge in [-0.2, -0.15) is 0 Å². The minimum atomic E-state index is 0.596. The second kappa shape index (κ2) is 14.8. The topological polar surface area (TPSA) is 56.5 Å². The first-order chi connectivity index (χ1) is 28.8. The van der Waals surface area contributed by atoms with E-state index < -0.39 is 0 Å². The number of pyridine rings is 1. The van der Waals surface area contributed by atoms with Crippen molar-refractivity contribution in [3.05, 3.63) is 198 Å². The van der Waals surface area contributed by atoms with Gasteiger partial charge in [-0.3, -0.25) is 4.98 Å². The van der Waals surface area contributed by atoms with E-state index >= 15 is 0 Å². The van der Waals surface area contributed by atoms with Crippen molar-refractivity contribution < 1.29 is 0 Å². The van der Waals surface area contributed by atoms with Crippen LogP contribution in [0, 0.1) is 27.7 Å². The standard InChI is InChI=1S/C54H41N5/c1-34-24-35(2)27-44(26-34)40-18-21-49-47(30-40)48-31-41(45-28-36(3)25-37(4)29-45)19-22-50(48)59(49)51-32-42(43-16-11-23-55-33-43)17-20-46(51)54-57-52(38-12-7-5-8-13-38)56-53(58-54)39-14-9-6-10-15-39/h5-33H,1-4H3. The highest BCUT2D eigenvalue weighted by Gasteiger charge is 2.21. The molecule has 5 nitrogen and oxygen atoms in total. The molecule has 0 aliphatic carbocycles. The molecule has 0 aliphatic rings. The average molecular weight is 760 g/mol. The van der Waals surface area contributed by atoms with Gasteiger partial charge in [0, 0.05) is 45.4 Å². The van der Waals surface area contributed by atoms with Gasteiger partial charge in [0.2, 0.25) is 0 Å². The first-order valence-corrected chi connectivity index (χ1v) is 20.0. The van der Waals surface area contributed by atoms with Crippen LogP contribution in [0.3, 0.4) is 0 Å². The van der Waals surface area contributed by atoms with Crippen LogP contribution in [-0.4, -0.2) is 24.5 Å². The quantitative estimate of drug-likeness (QED) is 0.162. The molecule has 3 heterocycles. The summed E-state index contributed by atoms with van der Waals surface area (Å²) in [5.74, 6) is 1.84. The number of benzene rings is 7. The molecule has 0 unspecified atom stereocenters. The molecule has 0 radical (unpaired) electrons. The van der Waals surface area contributed by atoms with Crippen LogP contribution in [0.25, 0.3) is 95.0 Å². The molecule has 0 aliphatic heterocycles. The zero-order valence-electron chi connectivity index (χ0n) is 33.5. The van der Waals surface area contributed by atoms with Crippen molar-refractivity contribution in [2.75, 3.05) is 0 Å². The predicted molar refractivity (Wildman–Crippen MR) is 244 cm³/mol. The van der Waals surface area contributed by atoms with Crippen LogP contribution >= 0.6 is 0 Å². The third-order valence-electron chi connectivity index (χ3n) is 11.0. The summed E-state index contributed by atoms with van der Waals surface area (Å²) in [5, 5.41) is 2.34. The van der Waals surface area contributed by atoms with Gasteiger partial charge in [-0.25, -0.2) is 15.0 Å². The molecule has 0 fully saturated rings. The average Bonchev–Trinajstić information content (AvgIpc) is 3.59. The van der Waals surface area contributed by atoms with Crippen molar-refractivity contribution in [2.24, 2.45) is 0 Å². The highest BCUT2D eigenvalue weighted by molar-refractivity contribution is 6.12. The van der Waals surface area contributed by atoms with E-state index in [1.54, 1.807) is 0 Å². The molecule has 10 aromatic rings. The molecule has 0 spiro atoms. The molecule has 7 aromatic carbocycles. The summed E-state index contributed by atoms with van der Waals surface area (Å²) in [5.41, 5.74) is 17.8. The number of hydrogen-bond donors (Lipinski definition) is 0. The fourth-order valence-corrected chi connectivity index (χ4v) is 8.47. The number of hydrogen-bond acceptors (Lipinski definition) is 4. The minimum absolute atomic E-state index is 0.596. The minimum Gasteiger partial charge on any atom is -0.308 e. The largest absolute Gasteiger partial charge is 0.308 e. The van der Waals surface area contributed by atoms with E-state index in [2.05, 4.69) is 134 Å². The number of aryl methyl sites for hydroxylation is 4. The van der Waals surface area contributed by atoms with Gasteiger partial charge in [0.1, 0.15) is 0 Å². The molecular weight excluding hydrogens is 719 g/mol. The molecule has 0 saturated carbocycles. The monoisotopic (exact) mass is 759 g/mol. The first-order valence-electron chi connectivity index (χ1n) is 20.0. The molecule has 0 bridgehead atoms. The molecule has 0 atom stereocenters. The Morgan fingerprint density at radius 2 is 0.814 bits per heavy atom. The smallest absolute Gasteiger partial charge is 0.166 e. The number of fused-ring (bicyclic) bond motifs is 3. The fourth-order valence-electron chi connectivity index (χ4n) is 8.47. The number of rotatable bonds is 7. The van der Waals surface area contributed by atoms with Gasteiger partial charge in [0.25, 0.3) is 0 Å². The Bertz CT molecular complexity index is 2980. The Kier molecular flexibility index (Phi) is 8.99. The summed E-state index contributed by atoms with van der Waals surface area (Å²) in [6.07, 6.45) is 3.73. The Morgan fingerprint density at radius 3 is 1.31 bits per heavy atom.